The Morgan fingerprint density at radius 1 is 0.935 bits per heavy atom. The highest BCUT2D eigenvalue weighted by Gasteiger charge is 2.24. The maximum absolute atomic E-state index is 13.0. The molecule has 1 aliphatic rings. The molecule has 3 aromatic rings. The van der Waals surface area contributed by atoms with Gasteiger partial charge in [0.25, 0.3) is 11.8 Å². The topological polar surface area (TPSA) is 91.4 Å². The van der Waals surface area contributed by atoms with Gasteiger partial charge in [0.15, 0.2) is 0 Å². The van der Waals surface area contributed by atoms with Crippen LogP contribution in [0.3, 0.4) is 0 Å². The van der Waals surface area contributed by atoms with E-state index in [1.54, 1.807) is 53.7 Å². The molecule has 1 aromatic heterocycles. The summed E-state index contributed by atoms with van der Waals surface area (Å²) in [5.74, 6) is -0.612. The summed E-state index contributed by atoms with van der Waals surface area (Å²) in [7, 11) is 0. The lowest BCUT2D eigenvalue weighted by atomic mass is 10.00. The summed E-state index contributed by atoms with van der Waals surface area (Å²) in [5, 5.41) is 5.56. The number of hydrogen-bond donors (Lipinski definition) is 2. The number of anilines is 3. The van der Waals surface area contributed by atoms with E-state index in [0.29, 0.717) is 29.0 Å². The zero-order valence-electron chi connectivity index (χ0n) is 17.1. The molecular formula is C24H22N4O3. The molecular weight excluding hydrogens is 392 g/mol. The first-order valence-corrected chi connectivity index (χ1v) is 10.0. The number of fused-ring (bicyclic) bond motifs is 1. The fourth-order valence-electron chi connectivity index (χ4n) is 3.65. The number of hydrogen-bond acceptors (Lipinski definition) is 4. The molecule has 31 heavy (non-hydrogen) atoms. The fraction of sp³-hybridized carbons (Fsp3) is 0.167. The lowest BCUT2D eigenvalue weighted by Gasteiger charge is -2.30. The summed E-state index contributed by atoms with van der Waals surface area (Å²) in [6.45, 7) is 2.02. The van der Waals surface area contributed by atoms with Crippen molar-refractivity contribution in [2.75, 3.05) is 22.1 Å². The van der Waals surface area contributed by atoms with E-state index >= 15 is 0 Å². The summed E-state index contributed by atoms with van der Waals surface area (Å²) >= 11 is 0. The van der Waals surface area contributed by atoms with Crippen LogP contribution >= 0.6 is 0 Å². The first-order chi connectivity index (χ1) is 15.0. The lowest BCUT2D eigenvalue weighted by Crippen LogP contribution is -2.35. The second-order valence-corrected chi connectivity index (χ2v) is 7.36. The van der Waals surface area contributed by atoms with Crippen LogP contribution in [-0.4, -0.2) is 29.3 Å². The molecule has 156 valence electrons. The van der Waals surface area contributed by atoms with E-state index in [0.717, 1.165) is 24.1 Å². The predicted octanol–water partition coefficient (Wildman–Crippen LogP) is 3.89. The van der Waals surface area contributed by atoms with Crippen molar-refractivity contribution in [2.24, 2.45) is 0 Å². The van der Waals surface area contributed by atoms with Gasteiger partial charge in [0.05, 0.1) is 5.56 Å². The van der Waals surface area contributed by atoms with Crippen LogP contribution in [0.4, 0.5) is 17.1 Å². The Morgan fingerprint density at radius 2 is 1.74 bits per heavy atom. The predicted molar refractivity (Wildman–Crippen MR) is 119 cm³/mol. The van der Waals surface area contributed by atoms with Gasteiger partial charge in [-0.1, -0.05) is 12.1 Å². The maximum Gasteiger partial charge on any atom is 0.259 e. The average molecular weight is 414 g/mol. The van der Waals surface area contributed by atoms with E-state index in [4.69, 9.17) is 0 Å². The highest BCUT2D eigenvalue weighted by atomic mass is 16.2. The van der Waals surface area contributed by atoms with Gasteiger partial charge in [0.2, 0.25) is 5.91 Å². The van der Waals surface area contributed by atoms with Gasteiger partial charge in [-0.25, -0.2) is 0 Å². The van der Waals surface area contributed by atoms with Crippen molar-refractivity contribution in [3.63, 3.8) is 0 Å². The minimum Gasteiger partial charge on any atom is -0.326 e. The lowest BCUT2D eigenvalue weighted by molar-refractivity contribution is -0.114. The van der Waals surface area contributed by atoms with Crippen molar-refractivity contribution in [3.05, 3.63) is 83.7 Å². The number of aromatic nitrogens is 1. The molecule has 0 radical (unpaired) electrons. The number of aryl methyl sites for hydroxylation is 1. The third kappa shape index (κ3) is 4.61. The molecule has 0 unspecified atom stereocenters. The molecule has 3 amide bonds. The summed E-state index contributed by atoms with van der Waals surface area (Å²) in [4.78, 5) is 42.8. The Kier molecular flexibility index (Phi) is 5.75. The molecule has 0 spiro atoms. The van der Waals surface area contributed by atoms with Crippen molar-refractivity contribution >= 4 is 34.8 Å². The number of nitrogens with one attached hydrogen (secondary N) is 2. The second-order valence-electron chi connectivity index (χ2n) is 7.36. The van der Waals surface area contributed by atoms with Gasteiger partial charge in [0.1, 0.15) is 0 Å². The van der Waals surface area contributed by atoms with Crippen LogP contribution in [0, 0.1) is 0 Å². The first-order valence-electron chi connectivity index (χ1n) is 10.0. The molecule has 2 N–H and O–H groups in total. The highest BCUT2D eigenvalue weighted by molar-refractivity contribution is 6.08. The van der Waals surface area contributed by atoms with Crippen LogP contribution in [0.15, 0.2) is 67.0 Å². The van der Waals surface area contributed by atoms with E-state index in [2.05, 4.69) is 15.6 Å². The molecule has 2 aromatic carbocycles. The SMILES string of the molecule is CC(=O)Nc1cccc(C(=O)Nc2ccc3c(c2)N(C(=O)c2cccnc2)CCC3)c1. The van der Waals surface area contributed by atoms with E-state index in [-0.39, 0.29) is 17.7 Å². The van der Waals surface area contributed by atoms with Crippen LogP contribution in [0.2, 0.25) is 0 Å². The quantitative estimate of drug-likeness (QED) is 0.678. The van der Waals surface area contributed by atoms with Crippen molar-refractivity contribution in [1.82, 2.24) is 4.98 Å². The minimum absolute atomic E-state index is 0.111. The number of rotatable bonds is 4. The van der Waals surface area contributed by atoms with Gasteiger partial charge in [-0.3, -0.25) is 19.4 Å². The van der Waals surface area contributed by atoms with Crippen molar-refractivity contribution in [1.29, 1.82) is 0 Å². The number of nitrogens with zero attached hydrogens (tertiary/aromatic N) is 2. The average Bonchev–Trinajstić information content (AvgIpc) is 2.78. The Bertz CT molecular complexity index is 1140. The molecule has 7 heteroatoms. The fourth-order valence-corrected chi connectivity index (χ4v) is 3.65. The van der Waals surface area contributed by atoms with Gasteiger partial charge in [-0.15, -0.1) is 0 Å². The third-order valence-electron chi connectivity index (χ3n) is 5.06. The van der Waals surface area contributed by atoms with Crippen LogP contribution in [-0.2, 0) is 11.2 Å². The van der Waals surface area contributed by atoms with Gasteiger partial charge in [-0.2, -0.15) is 0 Å². The Balaban J connectivity index is 1.57. The molecule has 7 nitrogen and oxygen atoms in total. The van der Waals surface area contributed by atoms with Crippen LogP contribution in [0.5, 0.6) is 0 Å². The molecule has 0 fully saturated rings. The first kappa shape index (κ1) is 20.3. The number of benzene rings is 2. The van der Waals surface area contributed by atoms with E-state index in [1.807, 2.05) is 18.2 Å². The van der Waals surface area contributed by atoms with Crippen molar-refractivity contribution in [3.8, 4) is 0 Å². The number of carbonyl (C=O) groups excluding carboxylic acids is 3. The number of carbonyl (C=O) groups is 3. The summed E-state index contributed by atoms with van der Waals surface area (Å²) < 4.78 is 0. The zero-order chi connectivity index (χ0) is 21.8. The molecule has 0 saturated heterocycles. The van der Waals surface area contributed by atoms with Gasteiger partial charge < -0.3 is 15.5 Å². The molecule has 2 heterocycles. The Labute approximate surface area is 180 Å². The molecule has 0 saturated carbocycles. The van der Waals surface area contributed by atoms with E-state index in [1.165, 1.54) is 6.92 Å². The van der Waals surface area contributed by atoms with E-state index in [9.17, 15) is 14.4 Å². The smallest absolute Gasteiger partial charge is 0.259 e. The number of pyridine rings is 1. The second kappa shape index (κ2) is 8.79. The largest absolute Gasteiger partial charge is 0.326 e. The Morgan fingerprint density at radius 3 is 2.52 bits per heavy atom. The van der Waals surface area contributed by atoms with Crippen molar-refractivity contribution in [2.45, 2.75) is 19.8 Å². The monoisotopic (exact) mass is 414 g/mol. The minimum atomic E-state index is -0.298. The Hall–Kier alpha value is -4.00. The maximum atomic E-state index is 13.0. The summed E-state index contributed by atoms with van der Waals surface area (Å²) in [6.07, 6.45) is 4.94. The van der Waals surface area contributed by atoms with E-state index < -0.39 is 0 Å². The van der Waals surface area contributed by atoms with Crippen LogP contribution < -0.4 is 15.5 Å². The van der Waals surface area contributed by atoms with Crippen LogP contribution in [0.1, 0.15) is 39.6 Å². The van der Waals surface area contributed by atoms with Crippen LogP contribution in [0.25, 0.3) is 0 Å². The molecule has 4 rings (SSSR count). The van der Waals surface area contributed by atoms with Gasteiger partial charge >= 0.3 is 0 Å². The number of amides is 3. The molecule has 1 aliphatic heterocycles. The molecule has 0 atom stereocenters. The normalized spacial score (nSPS) is 12.6. The van der Waals surface area contributed by atoms with Crippen molar-refractivity contribution < 1.29 is 14.4 Å². The molecule has 0 aliphatic carbocycles. The standard InChI is InChI=1S/C24H22N4O3/c1-16(29)26-20-8-2-5-18(13-20)23(30)27-21-10-9-17-7-4-12-28(22(17)14-21)24(31)19-6-3-11-25-15-19/h2-3,5-6,8-11,13-15H,4,7,12H2,1H3,(H,26,29)(H,27,30). The zero-order valence-corrected chi connectivity index (χ0v) is 17.1. The van der Waals surface area contributed by atoms with Gasteiger partial charge in [-0.05, 0) is 60.9 Å². The summed E-state index contributed by atoms with van der Waals surface area (Å²) in [5.41, 5.74) is 3.96. The molecule has 0 bridgehead atoms. The third-order valence-corrected chi connectivity index (χ3v) is 5.06. The van der Waals surface area contributed by atoms with Gasteiger partial charge in [0, 0.05) is 48.5 Å². The highest BCUT2D eigenvalue weighted by Crippen LogP contribution is 2.31. The summed E-state index contributed by atoms with van der Waals surface area (Å²) in [6, 6.07) is 15.8.